The summed E-state index contributed by atoms with van der Waals surface area (Å²) in [4.78, 5) is 0. The molecule has 0 radical (unpaired) electrons. The zero-order valence-electron chi connectivity index (χ0n) is 7.49. The molecule has 2 heteroatoms. The molecule has 0 spiro atoms. The van der Waals surface area contributed by atoms with Gasteiger partial charge in [0.2, 0.25) is 0 Å². The molecule has 0 aromatic carbocycles. The fourth-order valence-corrected chi connectivity index (χ4v) is 0.493. The lowest BCUT2D eigenvalue weighted by molar-refractivity contribution is 0.553. The Balaban J connectivity index is 0. The van der Waals surface area contributed by atoms with E-state index in [1.807, 2.05) is 0 Å². The summed E-state index contributed by atoms with van der Waals surface area (Å²) in [6.45, 7) is 9.75. The van der Waals surface area contributed by atoms with Gasteiger partial charge in [0, 0.05) is 6.04 Å². The minimum atomic E-state index is 0.699. The summed E-state index contributed by atoms with van der Waals surface area (Å²) in [6, 6.07) is 0.699. The number of rotatable bonds is 3. The first-order valence-corrected chi connectivity index (χ1v) is 6.04. The molecule has 0 fully saturated rings. The monoisotopic (exact) mass is 147 g/mol. The Hall–Kier alpha value is 0.177. The highest BCUT2D eigenvalue weighted by atomic mass is 28.1. The smallest absolute Gasteiger partial charge is 0.00359 e. The SMILES string of the molecule is CCNC(C)CC.C[SiH3]. The third kappa shape index (κ3) is 11.6. The molecule has 1 N–H and O–H groups in total. The van der Waals surface area contributed by atoms with Crippen molar-refractivity contribution in [2.24, 2.45) is 0 Å². The topological polar surface area (TPSA) is 12.0 Å². The van der Waals surface area contributed by atoms with Crippen LogP contribution < -0.4 is 5.32 Å². The minimum absolute atomic E-state index is 0.699. The standard InChI is InChI=1S/C6H15N.CH6Si/c1-4-6(3)7-5-2;1-2/h6-7H,4-5H2,1-3H3;1-2H3. The first-order valence-electron chi connectivity index (χ1n) is 4.04. The van der Waals surface area contributed by atoms with Crippen LogP contribution in [-0.2, 0) is 0 Å². The van der Waals surface area contributed by atoms with Crippen molar-refractivity contribution in [2.75, 3.05) is 6.54 Å². The van der Waals surface area contributed by atoms with Gasteiger partial charge in [-0.25, -0.2) is 0 Å². The third-order valence-electron chi connectivity index (χ3n) is 1.16. The molecule has 0 rings (SSSR count). The van der Waals surface area contributed by atoms with Crippen molar-refractivity contribution in [1.29, 1.82) is 0 Å². The summed E-state index contributed by atoms with van der Waals surface area (Å²) in [5.41, 5.74) is 0. The molecular formula is C7H21NSi. The van der Waals surface area contributed by atoms with Crippen LogP contribution in [0.1, 0.15) is 27.2 Å². The van der Waals surface area contributed by atoms with Crippen LogP contribution in [0.4, 0.5) is 0 Å². The molecule has 1 nitrogen and oxygen atoms in total. The molecule has 0 bridgehead atoms. The molecule has 0 saturated carbocycles. The Labute approximate surface area is 62.7 Å². The van der Waals surface area contributed by atoms with Crippen LogP contribution >= 0.6 is 0 Å². The maximum absolute atomic E-state index is 3.30. The molecule has 9 heavy (non-hydrogen) atoms. The molecule has 0 heterocycles. The summed E-state index contributed by atoms with van der Waals surface area (Å²) < 4.78 is 0. The zero-order chi connectivity index (χ0) is 7.70. The third-order valence-corrected chi connectivity index (χ3v) is 1.16. The van der Waals surface area contributed by atoms with Crippen LogP contribution in [0.2, 0.25) is 6.55 Å². The van der Waals surface area contributed by atoms with Gasteiger partial charge in [0.1, 0.15) is 0 Å². The lowest BCUT2D eigenvalue weighted by Gasteiger charge is -2.06. The van der Waals surface area contributed by atoms with Gasteiger partial charge in [-0.3, -0.25) is 0 Å². The van der Waals surface area contributed by atoms with Crippen LogP contribution in [-0.4, -0.2) is 22.8 Å². The Morgan fingerprint density at radius 2 is 1.78 bits per heavy atom. The van der Waals surface area contributed by atoms with E-state index in [1.54, 1.807) is 0 Å². The first-order chi connectivity index (χ1) is 4.31. The average molecular weight is 147 g/mol. The number of hydrogen-bond donors (Lipinski definition) is 1. The molecule has 1 atom stereocenters. The normalized spacial score (nSPS) is 12.0. The fourth-order valence-electron chi connectivity index (χ4n) is 0.493. The van der Waals surface area contributed by atoms with Gasteiger partial charge >= 0.3 is 0 Å². The molecular weight excluding hydrogens is 126 g/mol. The zero-order valence-corrected chi connectivity index (χ0v) is 9.49. The maximum Gasteiger partial charge on any atom is 0.00359 e. The van der Waals surface area contributed by atoms with Gasteiger partial charge in [-0.2, -0.15) is 0 Å². The average Bonchev–Trinajstić information content (AvgIpc) is 1.93. The lowest BCUT2D eigenvalue weighted by atomic mass is 10.3. The minimum Gasteiger partial charge on any atom is -0.315 e. The van der Waals surface area contributed by atoms with Gasteiger partial charge in [0.25, 0.3) is 0 Å². The second-order valence-electron chi connectivity index (χ2n) is 1.87. The van der Waals surface area contributed by atoms with E-state index in [2.05, 4.69) is 32.6 Å². The lowest BCUT2D eigenvalue weighted by Crippen LogP contribution is -2.24. The summed E-state index contributed by atoms with van der Waals surface area (Å²) in [6.07, 6.45) is 1.23. The van der Waals surface area contributed by atoms with Gasteiger partial charge in [0.05, 0.1) is 0 Å². The van der Waals surface area contributed by atoms with Crippen molar-refractivity contribution in [2.45, 2.75) is 39.8 Å². The van der Waals surface area contributed by atoms with E-state index in [-0.39, 0.29) is 0 Å². The van der Waals surface area contributed by atoms with Crippen molar-refractivity contribution >= 4 is 10.2 Å². The molecule has 0 saturated heterocycles. The van der Waals surface area contributed by atoms with E-state index >= 15 is 0 Å². The van der Waals surface area contributed by atoms with Crippen LogP contribution in [0, 0.1) is 0 Å². The van der Waals surface area contributed by atoms with Gasteiger partial charge in [-0.15, -0.1) is 0 Å². The number of hydrogen-bond acceptors (Lipinski definition) is 1. The Kier molecular flexibility index (Phi) is 14.6. The van der Waals surface area contributed by atoms with Crippen molar-refractivity contribution in [3.05, 3.63) is 0 Å². The molecule has 0 aromatic heterocycles. The molecule has 1 unspecified atom stereocenters. The van der Waals surface area contributed by atoms with Crippen LogP contribution in [0.5, 0.6) is 0 Å². The van der Waals surface area contributed by atoms with Gasteiger partial charge in [-0.1, -0.05) is 20.4 Å². The molecule has 0 aliphatic heterocycles. The van der Waals surface area contributed by atoms with E-state index in [0.29, 0.717) is 6.04 Å². The quantitative estimate of drug-likeness (QED) is 0.582. The van der Waals surface area contributed by atoms with Gasteiger partial charge in [0.15, 0.2) is 0 Å². The largest absolute Gasteiger partial charge is 0.315 e. The van der Waals surface area contributed by atoms with Crippen molar-refractivity contribution in [3.8, 4) is 0 Å². The van der Waals surface area contributed by atoms with Crippen LogP contribution in [0.15, 0.2) is 0 Å². The highest BCUT2D eigenvalue weighted by Gasteiger charge is 1.90. The van der Waals surface area contributed by atoms with Crippen molar-refractivity contribution in [3.63, 3.8) is 0 Å². The van der Waals surface area contributed by atoms with E-state index in [9.17, 15) is 0 Å². The van der Waals surface area contributed by atoms with Crippen LogP contribution in [0.25, 0.3) is 0 Å². The van der Waals surface area contributed by atoms with Gasteiger partial charge < -0.3 is 5.32 Å². The summed E-state index contributed by atoms with van der Waals surface area (Å²) in [5, 5.41) is 3.30. The van der Waals surface area contributed by atoms with Gasteiger partial charge in [-0.05, 0) is 30.1 Å². The molecule has 0 aromatic rings. The Morgan fingerprint density at radius 3 is 1.89 bits per heavy atom. The Bertz CT molecular complexity index is 39.9. The summed E-state index contributed by atoms with van der Waals surface area (Å²) >= 11 is 0. The maximum atomic E-state index is 3.30. The molecule has 0 aliphatic carbocycles. The Morgan fingerprint density at radius 1 is 1.33 bits per heavy atom. The predicted octanol–water partition coefficient (Wildman–Crippen LogP) is 0.794. The highest BCUT2D eigenvalue weighted by molar-refractivity contribution is 6.05. The van der Waals surface area contributed by atoms with Crippen molar-refractivity contribution in [1.82, 2.24) is 5.32 Å². The van der Waals surface area contributed by atoms with Crippen molar-refractivity contribution < 1.29 is 0 Å². The fraction of sp³-hybridized carbons (Fsp3) is 1.00. The second-order valence-corrected chi connectivity index (χ2v) is 1.87. The van der Waals surface area contributed by atoms with E-state index in [0.717, 1.165) is 6.54 Å². The first kappa shape index (κ1) is 11.9. The van der Waals surface area contributed by atoms with E-state index in [1.165, 1.54) is 16.7 Å². The van der Waals surface area contributed by atoms with E-state index in [4.69, 9.17) is 0 Å². The van der Waals surface area contributed by atoms with E-state index < -0.39 is 0 Å². The molecule has 0 aliphatic rings. The predicted molar refractivity (Wildman–Crippen MR) is 49.2 cm³/mol. The highest BCUT2D eigenvalue weighted by Crippen LogP contribution is 1.84. The summed E-state index contributed by atoms with van der Waals surface area (Å²) in [5.74, 6) is 0. The summed E-state index contributed by atoms with van der Waals surface area (Å²) in [7, 11) is 1.31. The molecule has 58 valence electrons. The second kappa shape index (κ2) is 11.0. The molecule has 0 amide bonds. The van der Waals surface area contributed by atoms with Crippen LogP contribution in [0.3, 0.4) is 0 Å². The number of nitrogens with one attached hydrogen (secondary N) is 1.